The minimum atomic E-state index is -0.0143. The van der Waals surface area contributed by atoms with E-state index >= 15 is 0 Å². The second-order valence-electron chi connectivity index (χ2n) is 6.34. The number of fused-ring (bicyclic) bond motifs is 1. The van der Waals surface area contributed by atoms with E-state index < -0.39 is 0 Å². The van der Waals surface area contributed by atoms with Crippen LogP contribution in [0.4, 0.5) is 0 Å². The van der Waals surface area contributed by atoms with Gasteiger partial charge < -0.3 is 9.47 Å². The lowest BCUT2D eigenvalue weighted by Crippen LogP contribution is -2.15. The number of benzene rings is 3. The normalized spacial score (nSPS) is 12.1. The van der Waals surface area contributed by atoms with Gasteiger partial charge in [0.25, 0.3) is 0 Å². The SMILES string of the molecule is COc1ccc(C(Cc2ccccc2)n2nnc3ccccc32)cc1OC. The first kappa shape index (κ1) is 17.1. The summed E-state index contributed by atoms with van der Waals surface area (Å²) >= 11 is 0. The molecular formula is C22H21N3O2. The van der Waals surface area contributed by atoms with Crippen LogP contribution in [0.3, 0.4) is 0 Å². The largest absolute Gasteiger partial charge is 0.493 e. The highest BCUT2D eigenvalue weighted by atomic mass is 16.5. The van der Waals surface area contributed by atoms with Gasteiger partial charge in [-0.15, -0.1) is 5.10 Å². The second kappa shape index (κ2) is 7.50. The van der Waals surface area contributed by atoms with E-state index in [9.17, 15) is 0 Å². The molecule has 0 radical (unpaired) electrons. The van der Waals surface area contributed by atoms with Gasteiger partial charge in [0, 0.05) is 0 Å². The molecule has 0 spiro atoms. The molecule has 4 aromatic rings. The van der Waals surface area contributed by atoms with Crippen molar-refractivity contribution < 1.29 is 9.47 Å². The molecule has 0 amide bonds. The zero-order chi connectivity index (χ0) is 18.6. The van der Waals surface area contributed by atoms with Crippen molar-refractivity contribution in [2.75, 3.05) is 14.2 Å². The smallest absolute Gasteiger partial charge is 0.161 e. The average molecular weight is 359 g/mol. The van der Waals surface area contributed by atoms with Crippen LogP contribution in [0.5, 0.6) is 11.5 Å². The molecule has 1 atom stereocenters. The van der Waals surface area contributed by atoms with Gasteiger partial charge in [-0.1, -0.05) is 53.7 Å². The highest BCUT2D eigenvalue weighted by Gasteiger charge is 2.20. The third kappa shape index (κ3) is 3.36. The summed E-state index contributed by atoms with van der Waals surface area (Å²) in [6.45, 7) is 0. The fourth-order valence-electron chi connectivity index (χ4n) is 3.36. The van der Waals surface area contributed by atoms with E-state index in [0.29, 0.717) is 11.5 Å². The zero-order valence-corrected chi connectivity index (χ0v) is 15.4. The molecule has 5 heteroatoms. The summed E-state index contributed by atoms with van der Waals surface area (Å²) in [6.07, 6.45) is 0.795. The first-order chi connectivity index (χ1) is 13.3. The molecule has 1 aromatic heterocycles. The predicted octanol–water partition coefficient (Wildman–Crippen LogP) is 4.28. The molecule has 0 fully saturated rings. The van der Waals surface area contributed by atoms with E-state index in [4.69, 9.17) is 9.47 Å². The Morgan fingerprint density at radius 3 is 2.37 bits per heavy atom. The molecule has 27 heavy (non-hydrogen) atoms. The molecule has 3 aromatic carbocycles. The maximum atomic E-state index is 5.51. The quantitative estimate of drug-likeness (QED) is 0.516. The Morgan fingerprint density at radius 1 is 0.852 bits per heavy atom. The maximum Gasteiger partial charge on any atom is 0.161 e. The maximum absolute atomic E-state index is 5.51. The molecule has 1 heterocycles. The Hall–Kier alpha value is -3.34. The van der Waals surface area contributed by atoms with Gasteiger partial charge in [0.15, 0.2) is 11.5 Å². The molecule has 1 unspecified atom stereocenters. The van der Waals surface area contributed by atoms with E-state index in [1.165, 1.54) is 5.56 Å². The van der Waals surface area contributed by atoms with Crippen molar-refractivity contribution in [2.45, 2.75) is 12.5 Å². The van der Waals surface area contributed by atoms with Crippen molar-refractivity contribution >= 4 is 11.0 Å². The zero-order valence-electron chi connectivity index (χ0n) is 15.4. The van der Waals surface area contributed by atoms with Gasteiger partial charge in [0.1, 0.15) is 5.52 Å². The topological polar surface area (TPSA) is 49.2 Å². The Bertz CT molecular complexity index is 1040. The molecule has 4 rings (SSSR count). The van der Waals surface area contributed by atoms with Crippen LogP contribution in [-0.4, -0.2) is 29.2 Å². The van der Waals surface area contributed by atoms with Crippen LogP contribution in [0.1, 0.15) is 17.2 Å². The van der Waals surface area contributed by atoms with Gasteiger partial charge in [-0.3, -0.25) is 0 Å². The summed E-state index contributed by atoms with van der Waals surface area (Å²) in [7, 11) is 3.29. The highest BCUT2D eigenvalue weighted by molar-refractivity contribution is 5.74. The summed E-state index contributed by atoms with van der Waals surface area (Å²) < 4.78 is 12.9. The van der Waals surface area contributed by atoms with Crippen molar-refractivity contribution in [2.24, 2.45) is 0 Å². The molecule has 5 nitrogen and oxygen atoms in total. The standard InChI is InChI=1S/C22H21N3O2/c1-26-21-13-12-17(15-22(21)27-2)20(14-16-8-4-3-5-9-16)25-19-11-7-6-10-18(19)23-24-25/h3-13,15,20H,14H2,1-2H3. The van der Waals surface area contributed by atoms with Crippen LogP contribution in [0.2, 0.25) is 0 Å². The number of rotatable bonds is 6. The van der Waals surface area contributed by atoms with Crippen molar-refractivity contribution in [1.82, 2.24) is 15.0 Å². The van der Waals surface area contributed by atoms with E-state index in [2.05, 4.69) is 40.6 Å². The van der Waals surface area contributed by atoms with Gasteiger partial charge in [-0.25, -0.2) is 4.68 Å². The van der Waals surface area contributed by atoms with E-state index in [1.54, 1.807) is 14.2 Å². The summed E-state index contributed by atoms with van der Waals surface area (Å²) in [5.74, 6) is 1.42. The van der Waals surface area contributed by atoms with E-state index in [1.807, 2.05) is 47.1 Å². The number of para-hydroxylation sites is 1. The summed E-state index contributed by atoms with van der Waals surface area (Å²) in [5, 5.41) is 8.80. The summed E-state index contributed by atoms with van der Waals surface area (Å²) in [5.41, 5.74) is 4.22. The van der Waals surface area contributed by atoms with Crippen LogP contribution in [0, 0.1) is 0 Å². The third-order valence-corrected chi connectivity index (χ3v) is 4.74. The van der Waals surface area contributed by atoms with Crippen molar-refractivity contribution in [3.8, 4) is 11.5 Å². The fourth-order valence-corrected chi connectivity index (χ4v) is 3.36. The van der Waals surface area contributed by atoms with Gasteiger partial charge in [0.05, 0.1) is 25.8 Å². The Kier molecular flexibility index (Phi) is 4.75. The number of hydrogen-bond acceptors (Lipinski definition) is 4. The number of nitrogens with zero attached hydrogens (tertiary/aromatic N) is 3. The van der Waals surface area contributed by atoms with E-state index in [0.717, 1.165) is 23.0 Å². The number of methoxy groups -OCH3 is 2. The van der Waals surface area contributed by atoms with Crippen LogP contribution >= 0.6 is 0 Å². The highest BCUT2D eigenvalue weighted by Crippen LogP contribution is 2.33. The van der Waals surface area contributed by atoms with Crippen molar-refractivity contribution in [1.29, 1.82) is 0 Å². The molecule has 0 N–H and O–H groups in total. The van der Waals surface area contributed by atoms with Gasteiger partial charge in [-0.2, -0.15) is 0 Å². The van der Waals surface area contributed by atoms with E-state index in [-0.39, 0.29) is 6.04 Å². The summed E-state index contributed by atoms with van der Waals surface area (Å²) in [6, 6.07) is 24.4. The van der Waals surface area contributed by atoms with Gasteiger partial charge in [0.2, 0.25) is 0 Å². The molecule has 0 saturated heterocycles. The minimum absolute atomic E-state index is 0.0143. The average Bonchev–Trinajstić information content (AvgIpc) is 3.16. The Balaban J connectivity index is 1.83. The molecular weight excluding hydrogens is 338 g/mol. The van der Waals surface area contributed by atoms with Crippen LogP contribution < -0.4 is 9.47 Å². The van der Waals surface area contributed by atoms with Gasteiger partial charge in [-0.05, 0) is 41.8 Å². The molecule has 0 aliphatic rings. The summed E-state index contributed by atoms with van der Waals surface area (Å²) in [4.78, 5) is 0. The van der Waals surface area contributed by atoms with Crippen LogP contribution in [0.25, 0.3) is 11.0 Å². The van der Waals surface area contributed by atoms with Crippen molar-refractivity contribution in [3.05, 3.63) is 83.9 Å². The molecule has 136 valence electrons. The number of aromatic nitrogens is 3. The predicted molar refractivity (Wildman–Crippen MR) is 105 cm³/mol. The lowest BCUT2D eigenvalue weighted by atomic mass is 9.98. The Labute approximate surface area is 158 Å². The molecule has 0 bridgehead atoms. The first-order valence-electron chi connectivity index (χ1n) is 8.86. The Morgan fingerprint density at radius 2 is 1.59 bits per heavy atom. The van der Waals surface area contributed by atoms with Crippen LogP contribution in [-0.2, 0) is 6.42 Å². The van der Waals surface area contributed by atoms with Gasteiger partial charge >= 0.3 is 0 Å². The third-order valence-electron chi connectivity index (χ3n) is 4.74. The minimum Gasteiger partial charge on any atom is -0.493 e. The lowest BCUT2D eigenvalue weighted by molar-refractivity contribution is 0.353. The first-order valence-corrected chi connectivity index (χ1v) is 8.86. The number of ether oxygens (including phenoxy) is 2. The second-order valence-corrected chi connectivity index (χ2v) is 6.34. The number of hydrogen-bond donors (Lipinski definition) is 0. The molecule has 0 aliphatic heterocycles. The monoisotopic (exact) mass is 359 g/mol. The van der Waals surface area contributed by atoms with Crippen molar-refractivity contribution in [3.63, 3.8) is 0 Å². The molecule has 0 aliphatic carbocycles. The van der Waals surface area contributed by atoms with Crippen LogP contribution in [0.15, 0.2) is 72.8 Å². The lowest BCUT2D eigenvalue weighted by Gasteiger charge is -2.20. The molecule has 0 saturated carbocycles. The fraction of sp³-hybridized carbons (Fsp3) is 0.182.